The molecule has 32 heavy (non-hydrogen) atoms. The minimum Gasteiger partial charge on any atom is -0.459 e. The van der Waals surface area contributed by atoms with Crippen LogP contribution in [0.15, 0.2) is 6.33 Å². The van der Waals surface area contributed by atoms with E-state index in [4.69, 9.17) is 15.2 Å². The van der Waals surface area contributed by atoms with Crippen LogP contribution in [0.3, 0.4) is 0 Å². The van der Waals surface area contributed by atoms with Crippen molar-refractivity contribution in [3.05, 3.63) is 12.4 Å². The van der Waals surface area contributed by atoms with Gasteiger partial charge in [0.25, 0.3) is 0 Å². The zero-order chi connectivity index (χ0) is 22.9. The lowest BCUT2D eigenvalue weighted by Crippen LogP contribution is -2.43. The van der Waals surface area contributed by atoms with E-state index in [0.717, 1.165) is 25.7 Å². The van der Waals surface area contributed by atoms with Gasteiger partial charge in [-0.25, -0.2) is 4.98 Å². The van der Waals surface area contributed by atoms with Gasteiger partial charge in [-0.15, -0.1) is 0 Å². The summed E-state index contributed by atoms with van der Waals surface area (Å²) < 4.78 is 27.2. The van der Waals surface area contributed by atoms with Gasteiger partial charge in [0.15, 0.2) is 17.0 Å². The number of carbonyl (C=O) groups is 1. The van der Waals surface area contributed by atoms with Gasteiger partial charge in [-0.05, 0) is 38.5 Å². The molecule has 0 spiro atoms. The number of nitrogens with zero attached hydrogens (tertiary/aromatic N) is 4. The molecule has 0 bridgehead atoms. The summed E-state index contributed by atoms with van der Waals surface area (Å²) in [5, 5.41) is 10.0. The fourth-order valence-electron chi connectivity index (χ4n) is 4.89. The SMILES string of the molecule is CCCCC1CCC(C(=O)O[C@H]2C[C@H](n3cnc4c(N)nc(F)nc43)O[C@]2(C)CO)CC1. The number of imidazole rings is 1. The fourth-order valence-corrected chi connectivity index (χ4v) is 4.89. The molecule has 2 aliphatic rings. The number of aliphatic hydroxyl groups is 1. The molecule has 0 aromatic carbocycles. The van der Waals surface area contributed by atoms with Crippen LogP contribution >= 0.6 is 0 Å². The number of esters is 1. The van der Waals surface area contributed by atoms with Crippen molar-refractivity contribution in [3.8, 4) is 0 Å². The number of halogens is 1. The Morgan fingerprint density at radius 1 is 1.38 bits per heavy atom. The van der Waals surface area contributed by atoms with Crippen molar-refractivity contribution < 1.29 is 23.8 Å². The molecule has 1 saturated carbocycles. The lowest BCUT2D eigenvalue weighted by Gasteiger charge is -2.31. The first-order valence-electron chi connectivity index (χ1n) is 11.5. The number of nitrogen functional groups attached to an aromatic ring is 1. The Kier molecular flexibility index (Phi) is 6.62. The molecule has 2 fully saturated rings. The van der Waals surface area contributed by atoms with Crippen molar-refractivity contribution in [2.24, 2.45) is 11.8 Å². The van der Waals surface area contributed by atoms with Crippen LogP contribution in [0.2, 0.25) is 0 Å². The summed E-state index contributed by atoms with van der Waals surface area (Å²) in [5.74, 6) is 0.281. The van der Waals surface area contributed by atoms with Gasteiger partial charge in [-0.3, -0.25) is 9.36 Å². The number of fused-ring (bicyclic) bond motifs is 1. The smallest absolute Gasteiger partial charge is 0.312 e. The van der Waals surface area contributed by atoms with E-state index in [2.05, 4.69) is 21.9 Å². The van der Waals surface area contributed by atoms with Gasteiger partial charge < -0.3 is 20.3 Å². The zero-order valence-electron chi connectivity index (χ0n) is 18.7. The molecule has 3 heterocycles. The van der Waals surface area contributed by atoms with E-state index < -0.39 is 24.0 Å². The highest BCUT2D eigenvalue weighted by Gasteiger charge is 2.49. The Morgan fingerprint density at radius 3 is 2.81 bits per heavy atom. The number of unbranched alkanes of at least 4 members (excludes halogenated alkanes) is 1. The second-order valence-corrected chi connectivity index (χ2v) is 9.27. The minimum atomic E-state index is -1.09. The molecule has 3 atom stereocenters. The summed E-state index contributed by atoms with van der Waals surface area (Å²) in [6.45, 7) is 3.57. The molecule has 0 unspecified atom stereocenters. The second-order valence-electron chi connectivity index (χ2n) is 9.27. The molecule has 9 nitrogen and oxygen atoms in total. The Balaban J connectivity index is 1.44. The van der Waals surface area contributed by atoms with Gasteiger partial charge in [0, 0.05) is 6.42 Å². The molecule has 1 aliphatic carbocycles. The standard InChI is InChI=1S/C22H32FN5O4/c1-3-4-5-13-6-8-14(9-7-13)20(30)31-15-10-16(32-22(15,2)11-29)28-12-25-17-18(24)26-21(23)27-19(17)28/h12-16,29H,3-11H2,1-2H3,(H2,24,26,27)/t13?,14?,15-,16+,22+/m0/s1. The first-order chi connectivity index (χ1) is 15.3. The third-order valence-corrected chi connectivity index (χ3v) is 6.95. The van der Waals surface area contributed by atoms with E-state index in [1.807, 2.05) is 0 Å². The van der Waals surface area contributed by atoms with Crippen LogP contribution in [0.1, 0.15) is 71.4 Å². The van der Waals surface area contributed by atoms with Gasteiger partial charge in [0.1, 0.15) is 17.9 Å². The number of aromatic nitrogens is 4. The maximum absolute atomic E-state index is 13.7. The Morgan fingerprint density at radius 2 is 2.12 bits per heavy atom. The molecule has 2 aromatic heterocycles. The highest BCUT2D eigenvalue weighted by molar-refractivity contribution is 5.81. The van der Waals surface area contributed by atoms with Crippen LogP contribution in [0.5, 0.6) is 0 Å². The van der Waals surface area contributed by atoms with Crippen molar-refractivity contribution in [1.82, 2.24) is 19.5 Å². The van der Waals surface area contributed by atoms with Crippen LogP contribution in [0, 0.1) is 17.9 Å². The summed E-state index contributed by atoms with van der Waals surface area (Å²) in [7, 11) is 0. The lowest BCUT2D eigenvalue weighted by molar-refractivity contribution is -0.170. The molecule has 3 N–H and O–H groups in total. The second kappa shape index (κ2) is 9.27. The minimum absolute atomic E-state index is 0.0633. The maximum Gasteiger partial charge on any atom is 0.312 e. The predicted molar refractivity (Wildman–Crippen MR) is 115 cm³/mol. The molecule has 1 aliphatic heterocycles. The highest BCUT2D eigenvalue weighted by atomic mass is 19.1. The largest absolute Gasteiger partial charge is 0.459 e. The van der Waals surface area contributed by atoms with Crippen molar-refractivity contribution in [2.45, 2.75) is 83.1 Å². The third-order valence-electron chi connectivity index (χ3n) is 6.95. The molecule has 0 amide bonds. The van der Waals surface area contributed by atoms with Crippen LogP contribution in [-0.4, -0.2) is 48.9 Å². The van der Waals surface area contributed by atoms with Crippen LogP contribution in [-0.2, 0) is 14.3 Å². The van der Waals surface area contributed by atoms with Crippen molar-refractivity contribution in [2.75, 3.05) is 12.3 Å². The number of nitrogens with two attached hydrogens (primary N) is 1. The Hall–Kier alpha value is -2.33. The number of ether oxygens (including phenoxy) is 2. The quantitative estimate of drug-likeness (QED) is 0.488. The number of hydrogen-bond donors (Lipinski definition) is 2. The van der Waals surface area contributed by atoms with Crippen LogP contribution in [0.4, 0.5) is 10.2 Å². The Bertz CT molecular complexity index is 961. The Labute approximate surface area is 186 Å². The molecule has 176 valence electrons. The van der Waals surface area contributed by atoms with E-state index in [9.17, 15) is 14.3 Å². The van der Waals surface area contributed by atoms with E-state index in [-0.39, 0.29) is 41.9 Å². The zero-order valence-corrected chi connectivity index (χ0v) is 18.7. The first kappa shape index (κ1) is 22.8. The van der Waals surface area contributed by atoms with E-state index in [1.54, 1.807) is 6.92 Å². The predicted octanol–water partition coefficient (Wildman–Crippen LogP) is 3.13. The summed E-state index contributed by atoms with van der Waals surface area (Å²) in [5.41, 5.74) is 5.11. The number of hydrogen-bond acceptors (Lipinski definition) is 8. The molecule has 1 saturated heterocycles. The van der Waals surface area contributed by atoms with Crippen molar-refractivity contribution in [3.63, 3.8) is 0 Å². The molecule has 2 aromatic rings. The number of carbonyl (C=O) groups excluding carboxylic acids is 1. The third kappa shape index (κ3) is 4.43. The first-order valence-corrected chi connectivity index (χ1v) is 11.5. The van der Waals surface area contributed by atoms with Crippen LogP contribution < -0.4 is 5.73 Å². The van der Waals surface area contributed by atoms with E-state index in [1.165, 1.54) is 30.2 Å². The highest BCUT2D eigenvalue weighted by Crippen LogP contribution is 2.41. The topological polar surface area (TPSA) is 125 Å². The van der Waals surface area contributed by atoms with E-state index >= 15 is 0 Å². The van der Waals surface area contributed by atoms with Gasteiger partial charge in [-0.2, -0.15) is 14.4 Å². The fraction of sp³-hybridized carbons (Fsp3) is 0.727. The van der Waals surface area contributed by atoms with Gasteiger partial charge in [-0.1, -0.05) is 26.2 Å². The molecular weight excluding hydrogens is 417 g/mol. The van der Waals surface area contributed by atoms with Gasteiger partial charge in [0.05, 0.1) is 18.9 Å². The van der Waals surface area contributed by atoms with Crippen molar-refractivity contribution in [1.29, 1.82) is 0 Å². The molecule has 4 rings (SSSR count). The molecular formula is C22H32FN5O4. The summed E-state index contributed by atoms with van der Waals surface area (Å²) in [4.78, 5) is 24.4. The number of anilines is 1. The number of aliphatic hydroxyl groups excluding tert-OH is 1. The average Bonchev–Trinajstić information content (AvgIpc) is 3.34. The number of rotatable bonds is 7. The van der Waals surface area contributed by atoms with Gasteiger partial charge in [0.2, 0.25) is 0 Å². The normalized spacial score (nSPS) is 30.6. The van der Waals surface area contributed by atoms with E-state index in [0.29, 0.717) is 5.92 Å². The van der Waals surface area contributed by atoms with Gasteiger partial charge >= 0.3 is 12.0 Å². The molecule has 0 radical (unpaired) electrons. The monoisotopic (exact) mass is 449 g/mol. The summed E-state index contributed by atoms with van der Waals surface area (Å²) in [6, 6.07) is 0. The van der Waals surface area contributed by atoms with Crippen molar-refractivity contribution >= 4 is 23.0 Å². The summed E-state index contributed by atoms with van der Waals surface area (Å²) in [6.07, 6.45) is 6.90. The van der Waals surface area contributed by atoms with Crippen LogP contribution in [0.25, 0.3) is 11.2 Å². The average molecular weight is 450 g/mol. The lowest BCUT2D eigenvalue weighted by atomic mass is 9.80. The molecule has 10 heteroatoms. The summed E-state index contributed by atoms with van der Waals surface area (Å²) >= 11 is 0. The maximum atomic E-state index is 13.7.